The summed E-state index contributed by atoms with van der Waals surface area (Å²) in [5, 5.41) is 8.49. The van der Waals surface area contributed by atoms with E-state index in [0.717, 1.165) is 0 Å². The molecule has 1 aromatic rings. The first-order chi connectivity index (χ1) is 8.61. The van der Waals surface area contributed by atoms with Crippen LogP contribution in [0.3, 0.4) is 0 Å². The van der Waals surface area contributed by atoms with Gasteiger partial charge in [0.1, 0.15) is 0 Å². The lowest BCUT2D eigenvalue weighted by Gasteiger charge is -2.12. The van der Waals surface area contributed by atoms with Crippen molar-refractivity contribution in [2.45, 2.75) is 26.2 Å². The van der Waals surface area contributed by atoms with Crippen molar-refractivity contribution in [2.24, 2.45) is 0 Å². The van der Waals surface area contributed by atoms with Crippen LogP contribution in [0.15, 0.2) is 18.2 Å². The van der Waals surface area contributed by atoms with E-state index in [1.807, 2.05) is 6.07 Å². The van der Waals surface area contributed by atoms with Gasteiger partial charge in [-0.15, -0.1) is 0 Å². The van der Waals surface area contributed by atoms with E-state index >= 15 is 0 Å². The normalized spacial score (nSPS) is 10.2. The minimum atomic E-state index is -2.76. The molecule has 0 heterocycles. The summed E-state index contributed by atoms with van der Waals surface area (Å²) in [5.74, 6) is -0.758. The van der Waals surface area contributed by atoms with E-state index in [9.17, 15) is 13.6 Å². The van der Waals surface area contributed by atoms with Crippen molar-refractivity contribution in [3.63, 3.8) is 0 Å². The molecular formula is C13H13F2NO2. The molecule has 0 unspecified atom stereocenters. The Labute approximate surface area is 104 Å². The van der Waals surface area contributed by atoms with Crippen LogP contribution in [0.2, 0.25) is 0 Å². The third kappa shape index (κ3) is 3.27. The number of aryl methyl sites for hydroxylation is 1. The monoisotopic (exact) mass is 253 g/mol. The van der Waals surface area contributed by atoms with Crippen LogP contribution < -0.4 is 0 Å². The van der Waals surface area contributed by atoms with Crippen LogP contribution in [0, 0.1) is 11.3 Å². The second-order valence-electron chi connectivity index (χ2n) is 3.56. The van der Waals surface area contributed by atoms with Gasteiger partial charge in [-0.2, -0.15) is 5.26 Å². The Kier molecular flexibility index (Phi) is 5.25. The number of halogens is 2. The quantitative estimate of drug-likeness (QED) is 0.757. The van der Waals surface area contributed by atoms with Gasteiger partial charge < -0.3 is 4.74 Å². The maximum Gasteiger partial charge on any atom is 0.338 e. The molecule has 5 heteroatoms. The number of nitriles is 1. The molecule has 0 spiro atoms. The summed E-state index contributed by atoms with van der Waals surface area (Å²) >= 11 is 0. The van der Waals surface area contributed by atoms with Gasteiger partial charge in [-0.25, -0.2) is 13.6 Å². The summed E-state index contributed by atoms with van der Waals surface area (Å²) in [6, 6.07) is 6.23. The molecule has 0 bridgehead atoms. The molecule has 0 saturated carbocycles. The Morgan fingerprint density at radius 1 is 1.50 bits per heavy atom. The summed E-state index contributed by atoms with van der Waals surface area (Å²) in [5.41, 5.74) is -0.134. The van der Waals surface area contributed by atoms with Gasteiger partial charge in [0.25, 0.3) is 6.43 Å². The molecule has 3 nitrogen and oxygen atoms in total. The van der Waals surface area contributed by atoms with Crippen LogP contribution in [0.1, 0.15) is 41.3 Å². The lowest BCUT2D eigenvalue weighted by atomic mass is 9.98. The van der Waals surface area contributed by atoms with Gasteiger partial charge in [0.05, 0.1) is 18.2 Å². The summed E-state index contributed by atoms with van der Waals surface area (Å²) in [6.45, 7) is 1.74. The second-order valence-corrected chi connectivity index (χ2v) is 3.56. The van der Waals surface area contributed by atoms with Crippen LogP contribution in [-0.4, -0.2) is 12.6 Å². The van der Waals surface area contributed by atoms with Crippen LogP contribution >= 0.6 is 0 Å². The van der Waals surface area contributed by atoms with Crippen molar-refractivity contribution in [2.75, 3.05) is 6.61 Å². The Morgan fingerprint density at radius 2 is 2.22 bits per heavy atom. The first-order valence-corrected chi connectivity index (χ1v) is 5.55. The zero-order valence-electron chi connectivity index (χ0n) is 9.95. The molecule has 18 heavy (non-hydrogen) atoms. The van der Waals surface area contributed by atoms with E-state index < -0.39 is 12.4 Å². The Hall–Kier alpha value is -1.96. The maximum absolute atomic E-state index is 13.0. The number of benzene rings is 1. The number of carbonyl (C=O) groups is 1. The van der Waals surface area contributed by atoms with Crippen LogP contribution in [0.25, 0.3) is 0 Å². The largest absolute Gasteiger partial charge is 0.462 e. The van der Waals surface area contributed by atoms with Crippen molar-refractivity contribution in [3.05, 3.63) is 34.9 Å². The average Bonchev–Trinajstić information content (AvgIpc) is 2.35. The third-order valence-electron chi connectivity index (χ3n) is 2.42. The maximum atomic E-state index is 13.0. The van der Waals surface area contributed by atoms with Crippen molar-refractivity contribution < 1.29 is 18.3 Å². The molecule has 0 aliphatic heterocycles. The summed E-state index contributed by atoms with van der Waals surface area (Å²) < 4.78 is 30.8. The molecule has 0 saturated heterocycles. The predicted octanol–water partition coefficient (Wildman–Crippen LogP) is 3.26. The van der Waals surface area contributed by atoms with Gasteiger partial charge in [-0.1, -0.05) is 12.1 Å². The molecule has 1 rings (SSSR count). The van der Waals surface area contributed by atoms with Gasteiger partial charge in [-0.3, -0.25) is 0 Å². The minimum Gasteiger partial charge on any atom is -0.462 e. The van der Waals surface area contributed by atoms with Crippen LogP contribution in [-0.2, 0) is 11.2 Å². The zero-order chi connectivity index (χ0) is 13.5. The molecule has 0 aliphatic rings. The SMILES string of the molecule is CCOC(=O)c1cccc(CCC#N)c1C(F)F. The average molecular weight is 253 g/mol. The predicted molar refractivity (Wildman–Crippen MR) is 61.3 cm³/mol. The first-order valence-electron chi connectivity index (χ1n) is 5.55. The fraction of sp³-hybridized carbons (Fsp3) is 0.385. The summed E-state index contributed by atoms with van der Waals surface area (Å²) in [4.78, 5) is 11.6. The highest BCUT2D eigenvalue weighted by Crippen LogP contribution is 2.28. The molecule has 0 aliphatic carbocycles. The number of hydrogen-bond donors (Lipinski definition) is 0. The number of ether oxygens (including phenoxy) is 1. The van der Waals surface area contributed by atoms with Crippen molar-refractivity contribution in [3.8, 4) is 6.07 Å². The third-order valence-corrected chi connectivity index (χ3v) is 2.42. The Morgan fingerprint density at radius 3 is 2.78 bits per heavy atom. The zero-order valence-corrected chi connectivity index (χ0v) is 9.95. The van der Waals surface area contributed by atoms with E-state index in [4.69, 9.17) is 10.00 Å². The lowest BCUT2D eigenvalue weighted by molar-refractivity contribution is 0.0515. The van der Waals surface area contributed by atoms with Crippen molar-refractivity contribution in [1.29, 1.82) is 5.26 Å². The second kappa shape index (κ2) is 6.70. The first kappa shape index (κ1) is 14.1. The van der Waals surface area contributed by atoms with E-state index in [-0.39, 0.29) is 30.6 Å². The number of alkyl halides is 2. The van der Waals surface area contributed by atoms with E-state index in [2.05, 4.69) is 0 Å². The topological polar surface area (TPSA) is 50.1 Å². The van der Waals surface area contributed by atoms with Gasteiger partial charge >= 0.3 is 5.97 Å². The van der Waals surface area contributed by atoms with Crippen molar-refractivity contribution in [1.82, 2.24) is 0 Å². The molecule has 0 atom stereocenters. The van der Waals surface area contributed by atoms with Crippen LogP contribution in [0.4, 0.5) is 8.78 Å². The molecule has 96 valence electrons. The molecule has 0 aromatic heterocycles. The molecular weight excluding hydrogens is 240 g/mol. The highest BCUT2D eigenvalue weighted by Gasteiger charge is 2.22. The number of esters is 1. The van der Waals surface area contributed by atoms with Crippen molar-refractivity contribution >= 4 is 5.97 Å². The smallest absolute Gasteiger partial charge is 0.338 e. The van der Waals surface area contributed by atoms with Gasteiger partial charge in [-0.05, 0) is 25.0 Å². The highest BCUT2D eigenvalue weighted by molar-refractivity contribution is 5.91. The highest BCUT2D eigenvalue weighted by atomic mass is 19.3. The molecule has 1 aromatic carbocycles. The van der Waals surface area contributed by atoms with E-state index in [1.165, 1.54) is 18.2 Å². The van der Waals surface area contributed by atoms with Gasteiger partial charge in [0.15, 0.2) is 0 Å². The van der Waals surface area contributed by atoms with Crippen LogP contribution in [0.5, 0.6) is 0 Å². The fourth-order valence-electron chi connectivity index (χ4n) is 1.67. The molecule has 0 amide bonds. The Bertz CT molecular complexity index is 467. The number of nitrogens with zero attached hydrogens (tertiary/aromatic N) is 1. The number of carbonyl (C=O) groups excluding carboxylic acids is 1. The number of rotatable bonds is 5. The summed E-state index contributed by atoms with van der Waals surface area (Å²) in [7, 11) is 0. The van der Waals surface area contributed by atoms with Gasteiger partial charge in [0, 0.05) is 12.0 Å². The molecule has 0 fully saturated rings. The Balaban J connectivity index is 3.17. The van der Waals surface area contributed by atoms with E-state index in [1.54, 1.807) is 6.92 Å². The van der Waals surface area contributed by atoms with E-state index in [0.29, 0.717) is 5.56 Å². The molecule has 0 radical (unpaired) electrons. The van der Waals surface area contributed by atoms with Gasteiger partial charge in [0.2, 0.25) is 0 Å². The summed E-state index contributed by atoms with van der Waals surface area (Å²) in [6.07, 6.45) is -2.44. The molecule has 0 N–H and O–H groups in total. The number of hydrogen-bond acceptors (Lipinski definition) is 3. The lowest BCUT2D eigenvalue weighted by Crippen LogP contribution is -2.10. The minimum absolute atomic E-state index is 0.123. The fourth-order valence-corrected chi connectivity index (χ4v) is 1.67. The standard InChI is InChI=1S/C13H13F2NO2/c1-2-18-13(17)10-7-3-5-9(6-4-8-16)11(10)12(14)15/h3,5,7,12H,2,4,6H2,1H3.